The Bertz CT molecular complexity index is 929. The van der Waals surface area contributed by atoms with Crippen molar-refractivity contribution in [2.45, 2.75) is 30.0 Å². The Labute approximate surface area is 179 Å². The van der Waals surface area contributed by atoms with Crippen LogP contribution in [0.25, 0.3) is 11.0 Å². The van der Waals surface area contributed by atoms with Gasteiger partial charge in [0.2, 0.25) is 11.9 Å². The lowest BCUT2D eigenvalue weighted by Crippen LogP contribution is -2.40. The zero-order valence-corrected chi connectivity index (χ0v) is 18.1. The summed E-state index contributed by atoms with van der Waals surface area (Å²) in [5, 5.41) is 10.5. The Hall–Kier alpha value is -2.59. The van der Waals surface area contributed by atoms with Crippen molar-refractivity contribution in [2.75, 3.05) is 38.5 Å². The molecule has 1 amide bonds. The van der Waals surface area contributed by atoms with Gasteiger partial charge in [0.1, 0.15) is 10.7 Å². The van der Waals surface area contributed by atoms with Crippen LogP contribution in [0.3, 0.4) is 0 Å². The Morgan fingerprint density at radius 2 is 2.33 bits per heavy atom. The average Bonchev–Trinajstić information content (AvgIpc) is 3.12. The summed E-state index contributed by atoms with van der Waals surface area (Å²) in [5.74, 6) is -0.0674. The zero-order chi connectivity index (χ0) is 21.5. The van der Waals surface area contributed by atoms with E-state index < -0.39 is 0 Å². The van der Waals surface area contributed by atoms with Gasteiger partial charge in [0.25, 0.3) is 0 Å². The monoisotopic (exact) mass is 433 g/mol. The fourth-order valence-electron chi connectivity index (χ4n) is 3.32. The molecule has 0 saturated carbocycles. The highest BCUT2D eigenvalue weighted by Crippen LogP contribution is 2.34. The molecule has 0 unspecified atom stereocenters. The van der Waals surface area contributed by atoms with Gasteiger partial charge in [-0.05, 0) is 32.9 Å². The molecule has 0 aliphatic carbocycles. The summed E-state index contributed by atoms with van der Waals surface area (Å²) in [4.78, 5) is 25.7. The molecular formula is C20H28FN7OS. The fraction of sp³-hybridized carbons (Fsp3) is 0.450. The first kappa shape index (κ1) is 22.1. The van der Waals surface area contributed by atoms with Crippen LogP contribution in [-0.4, -0.2) is 64.2 Å². The van der Waals surface area contributed by atoms with E-state index in [2.05, 4.69) is 37.5 Å². The van der Waals surface area contributed by atoms with Gasteiger partial charge in [0, 0.05) is 49.5 Å². The summed E-state index contributed by atoms with van der Waals surface area (Å²) in [6, 6.07) is 0. The summed E-state index contributed by atoms with van der Waals surface area (Å²) in [5.41, 5.74) is 1.30. The van der Waals surface area contributed by atoms with Crippen LogP contribution in [0.2, 0.25) is 0 Å². The molecule has 1 saturated heterocycles. The molecule has 1 atom stereocenters. The minimum absolute atomic E-state index is 0.0754. The molecule has 0 aromatic carbocycles. The van der Waals surface area contributed by atoms with Crippen molar-refractivity contribution in [1.29, 1.82) is 0 Å². The number of thioether (sulfide) groups is 1. The average molecular weight is 434 g/mol. The third-order valence-corrected chi connectivity index (χ3v) is 5.95. The first-order chi connectivity index (χ1) is 14.5. The topological polar surface area (TPSA) is 98.0 Å². The third-order valence-electron chi connectivity index (χ3n) is 4.71. The first-order valence-electron chi connectivity index (χ1n) is 10.0. The summed E-state index contributed by atoms with van der Waals surface area (Å²) >= 11 is 1.49. The van der Waals surface area contributed by atoms with E-state index in [1.807, 2.05) is 20.2 Å². The van der Waals surface area contributed by atoms with E-state index in [0.717, 1.165) is 31.6 Å². The highest BCUT2D eigenvalue weighted by Gasteiger charge is 2.25. The number of nitrogens with zero attached hydrogens (tertiary/aromatic N) is 3. The van der Waals surface area contributed by atoms with E-state index in [9.17, 15) is 9.18 Å². The van der Waals surface area contributed by atoms with E-state index in [0.29, 0.717) is 35.1 Å². The number of piperidine rings is 1. The normalized spacial score (nSPS) is 17.2. The molecule has 0 spiro atoms. The van der Waals surface area contributed by atoms with Crippen LogP contribution >= 0.6 is 11.8 Å². The number of carbonyl (C=O) groups is 1. The van der Waals surface area contributed by atoms with Gasteiger partial charge >= 0.3 is 0 Å². The molecule has 162 valence electrons. The maximum Gasteiger partial charge on any atom is 0.245 e. The molecule has 1 aliphatic heterocycles. The Morgan fingerprint density at radius 1 is 1.50 bits per heavy atom. The second kappa shape index (κ2) is 10.4. The van der Waals surface area contributed by atoms with E-state index in [1.54, 1.807) is 4.90 Å². The molecule has 3 heterocycles. The minimum atomic E-state index is -0.382. The second-order valence-electron chi connectivity index (χ2n) is 6.97. The lowest BCUT2D eigenvalue weighted by Gasteiger charge is -2.31. The number of nitrogens with one attached hydrogen (secondary N) is 4. The van der Waals surface area contributed by atoms with Crippen molar-refractivity contribution in [3.8, 4) is 0 Å². The van der Waals surface area contributed by atoms with Crippen molar-refractivity contribution < 1.29 is 9.18 Å². The van der Waals surface area contributed by atoms with Gasteiger partial charge in [-0.3, -0.25) is 4.79 Å². The van der Waals surface area contributed by atoms with Crippen LogP contribution in [0.5, 0.6) is 0 Å². The molecule has 1 aliphatic rings. The molecule has 8 nitrogen and oxygen atoms in total. The fourth-order valence-corrected chi connectivity index (χ4v) is 4.62. The van der Waals surface area contributed by atoms with E-state index >= 15 is 0 Å². The van der Waals surface area contributed by atoms with Crippen molar-refractivity contribution in [1.82, 2.24) is 30.5 Å². The van der Waals surface area contributed by atoms with E-state index in [-0.39, 0.29) is 17.0 Å². The number of aromatic nitrogens is 3. The Kier molecular flexibility index (Phi) is 7.69. The van der Waals surface area contributed by atoms with Gasteiger partial charge < -0.3 is 25.8 Å². The third kappa shape index (κ3) is 5.31. The number of fused-ring (bicyclic) bond motifs is 1. The van der Waals surface area contributed by atoms with Crippen molar-refractivity contribution in [2.24, 2.45) is 0 Å². The number of H-pyrrole nitrogens is 1. The van der Waals surface area contributed by atoms with Crippen molar-refractivity contribution in [3.05, 3.63) is 36.6 Å². The van der Waals surface area contributed by atoms with Crippen LogP contribution < -0.4 is 16.0 Å². The van der Waals surface area contributed by atoms with Crippen LogP contribution in [0.1, 0.15) is 19.8 Å². The highest BCUT2D eigenvalue weighted by atomic mass is 32.2. The number of likely N-dealkylation sites (tertiary alicyclic amines) is 1. The van der Waals surface area contributed by atoms with Crippen molar-refractivity contribution in [3.63, 3.8) is 0 Å². The summed E-state index contributed by atoms with van der Waals surface area (Å²) in [6.45, 7) is 8.27. The van der Waals surface area contributed by atoms with Gasteiger partial charge in [-0.15, -0.1) is 11.8 Å². The largest absolute Gasteiger partial charge is 0.390 e. The SMILES string of the molecule is C=CC(=O)N1CCC[C@@H](Sc2nc(N/C(=C/NCC)CNC)nc3[nH]cc(F)c23)C1. The number of halogens is 1. The molecule has 2 aromatic heterocycles. The van der Waals surface area contributed by atoms with Gasteiger partial charge in [-0.2, -0.15) is 4.98 Å². The maximum atomic E-state index is 14.4. The minimum Gasteiger partial charge on any atom is -0.390 e. The number of likely N-dealkylation sites (N-methyl/N-ethyl adjacent to an activating group) is 1. The summed E-state index contributed by atoms with van der Waals surface area (Å²) in [7, 11) is 1.85. The highest BCUT2D eigenvalue weighted by molar-refractivity contribution is 8.00. The molecule has 3 rings (SSSR count). The predicted octanol–water partition coefficient (Wildman–Crippen LogP) is 2.45. The van der Waals surface area contributed by atoms with E-state index in [1.165, 1.54) is 24.0 Å². The van der Waals surface area contributed by atoms with E-state index in [4.69, 9.17) is 0 Å². The maximum absolute atomic E-state index is 14.4. The number of carbonyl (C=O) groups excluding carboxylic acids is 1. The molecular weight excluding hydrogens is 405 g/mol. The van der Waals surface area contributed by atoms with Gasteiger partial charge in [-0.1, -0.05) is 6.58 Å². The molecule has 4 N–H and O–H groups in total. The van der Waals surface area contributed by atoms with Crippen LogP contribution in [0.15, 0.2) is 35.8 Å². The first-order valence-corrected chi connectivity index (χ1v) is 10.9. The molecule has 2 aromatic rings. The summed E-state index contributed by atoms with van der Waals surface area (Å²) in [6.07, 6.45) is 6.32. The smallest absolute Gasteiger partial charge is 0.245 e. The van der Waals surface area contributed by atoms with Gasteiger partial charge in [0.15, 0.2) is 5.82 Å². The van der Waals surface area contributed by atoms with Gasteiger partial charge in [0.05, 0.1) is 5.39 Å². The molecule has 0 bridgehead atoms. The Morgan fingerprint density at radius 3 is 3.07 bits per heavy atom. The van der Waals surface area contributed by atoms with Crippen LogP contribution in [0, 0.1) is 5.82 Å². The molecule has 0 radical (unpaired) electrons. The zero-order valence-electron chi connectivity index (χ0n) is 17.3. The standard InChI is InChI=1S/C20H28FN7OS/c1-4-16(29)28-8-6-7-14(12-28)30-19-17-15(21)11-24-18(17)26-20(27-19)25-13(9-22-3)10-23-5-2/h4,10-11,14,22-23H,1,5-9,12H2,2-3H3,(H2,24,25,26,27)/b13-10+/t14-/m1/s1. The predicted molar refractivity (Wildman–Crippen MR) is 119 cm³/mol. The number of hydrogen-bond acceptors (Lipinski definition) is 7. The van der Waals surface area contributed by atoms with Crippen LogP contribution in [-0.2, 0) is 4.79 Å². The molecule has 30 heavy (non-hydrogen) atoms. The van der Waals surface area contributed by atoms with Crippen molar-refractivity contribution >= 4 is 34.7 Å². The van der Waals surface area contributed by atoms with Gasteiger partial charge in [-0.25, -0.2) is 9.37 Å². The number of anilines is 1. The Balaban J connectivity index is 1.86. The van der Waals surface area contributed by atoms with Crippen LogP contribution in [0.4, 0.5) is 10.3 Å². The second-order valence-corrected chi connectivity index (χ2v) is 8.25. The molecule has 1 fully saturated rings. The molecule has 10 heteroatoms. The lowest BCUT2D eigenvalue weighted by atomic mass is 10.1. The lowest BCUT2D eigenvalue weighted by molar-refractivity contribution is -0.126. The number of aromatic amines is 1. The number of rotatable bonds is 9. The number of hydrogen-bond donors (Lipinski definition) is 4. The number of amides is 1. The summed E-state index contributed by atoms with van der Waals surface area (Å²) < 4.78 is 14.4. The quantitative estimate of drug-likeness (QED) is 0.356.